The molecule has 27 heavy (non-hydrogen) atoms. The van der Waals surface area contributed by atoms with Crippen LogP contribution in [0.3, 0.4) is 0 Å². The third kappa shape index (κ3) is 4.59. The molecule has 0 radical (unpaired) electrons. The number of piperidine rings is 1. The van der Waals surface area contributed by atoms with Crippen LogP contribution in [0, 0.1) is 6.92 Å². The van der Waals surface area contributed by atoms with Gasteiger partial charge in [0.1, 0.15) is 0 Å². The molecule has 0 atom stereocenters. The molecule has 0 spiro atoms. The lowest BCUT2D eigenvalue weighted by Gasteiger charge is -2.32. The number of carbonyl (C=O) groups excluding carboxylic acids is 1. The van der Waals surface area contributed by atoms with E-state index in [0.717, 1.165) is 63.5 Å². The van der Waals surface area contributed by atoms with Gasteiger partial charge in [0.25, 0.3) is 0 Å². The number of amides is 2. The highest BCUT2D eigenvalue weighted by atomic mass is 32.1. The first-order valence-corrected chi connectivity index (χ1v) is 10.4. The standard InChI is InChI=1S/C18H26N6O2S/c1-12-10-16(23-22-12)24-6-2-14(3-7-24)20-17(25)21-18-19-11-15(27-18)13-4-8-26-9-5-13/h10-11,13-14H,2-9H2,1H3,(H,22,23)(H2,19,20,21,25). The fourth-order valence-corrected chi connectivity index (χ4v) is 4.63. The number of rotatable bonds is 4. The third-order valence-corrected chi connectivity index (χ3v) is 6.29. The van der Waals surface area contributed by atoms with E-state index in [1.165, 1.54) is 4.88 Å². The molecule has 2 aromatic rings. The molecule has 4 rings (SSSR count). The van der Waals surface area contributed by atoms with Crippen LogP contribution in [0.1, 0.15) is 42.2 Å². The maximum absolute atomic E-state index is 12.3. The smallest absolute Gasteiger partial charge is 0.321 e. The van der Waals surface area contributed by atoms with E-state index < -0.39 is 0 Å². The van der Waals surface area contributed by atoms with Crippen LogP contribution in [0.15, 0.2) is 12.3 Å². The summed E-state index contributed by atoms with van der Waals surface area (Å²) in [7, 11) is 0. The number of urea groups is 1. The summed E-state index contributed by atoms with van der Waals surface area (Å²) in [5.41, 5.74) is 1.06. The topological polar surface area (TPSA) is 95.2 Å². The molecule has 0 saturated carbocycles. The summed E-state index contributed by atoms with van der Waals surface area (Å²) in [6, 6.07) is 2.06. The van der Waals surface area contributed by atoms with Gasteiger partial charge in [-0.05, 0) is 38.5 Å². The molecule has 2 saturated heterocycles. The van der Waals surface area contributed by atoms with Crippen LogP contribution in [0.4, 0.5) is 15.7 Å². The maximum Gasteiger partial charge on any atom is 0.321 e. The zero-order valence-electron chi connectivity index (χ0n) is 15.5. The van der Waals surface area contributed by atoms with Crippen molar-refractivity contribution in [2.45, 2.75) is 44.6 Å². The van der Waals surface area contributed by atoms with Gasteiger partial charge in [-0.25, -0.2) is 9.78 Å². The number of thiazole rings is 1. The highest BCUT2D eigenvalue weighted by Crippen LogP contribution is 2.32. The number of nitrogens with one attached hydrogen (secondary N) is 3. The second-order valence-electron chi connectivity index (χ2n) is 7.22. The van der Waals surface area contributed by atoms with Gasteiger partial charge in [0.15, 0.2) is 10.9 Å². The van der Waals surface area contributed by atoms with E-state index in [2.05, 4.69) is 36.8 Å². The van der Waals surface area contributed by atoms with E-state index in [0.29, 0.717) is 11.0 Å². The summed E-state index contributed by atoms with van der Waals surface area (Å²) in [6.45, 7) is 5.40. The maximum atomic E-state index is 12.3. The molecule has 8 nitrogen and oxygen atoms in total. The molecule has 2 amide bonds. The van der Waals surface area contributed by atoms with Gasteiger partial charge >= 0.3 is 6.03 Å². The Morgan fingerprint density at radius 3 is 2.78 bits per heavy atom. The van der Waals surface area contributed by atoms with E-state index in [-0.39, 0.29) is 12.1 Å². The first-order valence-electron chi connectivity index (χ1n) is 9.55. The summed E-state index contributed by atoms with van der Waals surface area (Å²) < 4.78 is 5.41. The van der Waals surface area contributed by atoms with Crippen LogP contribution in [-0.2, 0) is 4.74 Å². The average molecular weight is 391 g/mol. The van der Waals surface area contributed by atoms with E-state index in [1.807, 2.05) is 13.1 Å². The Kier molecular flexibility index (Phi) is 5.58. The molecule has 2 aromatic heterocycles. The molecule has 2 fully saturated rings. The molecule has 0 unspecified atom stereocenters. The van der Waals surface area contributed by atoms with E-state index >= 15 is 0 Å². The van der Waals surface area contributed by atoms with Crippen LogP contribution in [-0.4, -0.2) is 53.6 Å². The van der Waals surface area contributed by atoms with Crippen molar-refractivity contribution in [3.63, 3.8) is 0 Å². The molecule has 3 N–H and O–H groups in total. The Morgan fingerprint density at radius 2 is 2.07 bits per heavy atom. The Balaban J connectivity index is 1.23. The number of aromatic nitrogens is 3. The molecule has 0 bridgehead atoms. The van der Waals surface area contributed by atoms with E-state index in [4.69, 9.17) is 4.74 Å². The average Bonchev–Trinajstić information content (AvgIpc) is 3.32. The van der Waals surface area contributed by atoms with Gasteiger partial charge in [-0.2, -0.15) is 5.10 Å². The molecular formula is C18H26N6O2S. The number of ether oxygens (including phenoxy) is 1. The van der Waals surface area contributed by atoms with Gasteiger partial charge in [0, 0.05) is 55.2 Å². The molecule has 4 heterocycles. The summed E-state index contributed by atoms with van der Waals surface area (Å²) in [6.07, 6.45) is 5.76. The second kappa shape index (κ2) is 8.26. The van der Waals surface area contributed by atoms with Crippen molar-refractivity contribution in [3.05, 3.63) is 22.8 Å². The van der Waals surface area contributed by atoms with Crippen molar-refractivity contribution < 1.29 is 9.53 Å². The van der Waals surface area contributed by atoms with Crippen molar-refractivity contribution in [2.75, 3.05) is 36.5 Å². The van der Waals surface area contributed by atoms with E-state index in [1.54, 1.807) is 11.3 Å². The Labute approximate surface area is 162 Å². The quantitative estimate of drug-likeness (QED) is 0.746. The zero-order chi connectivity index (χ0) is 18.6. The number of nitrogens with zero attached hydrogens (tertiary/aromatic N) is 3. The summed E-state index contributed by atoms with van der Waals surface area (Å²) in [5.74, 6) is 1.49. The summed E-state index contributed by atoms with van der Waals surface area (Å²) in [5, 5.41) is 13.9. The Bertz CT molecular complexity index is 761. The number of aryl methyl sites for hydroxylation is 1. The number of aromatic amines is 1. The van der Waals surface area contributed by atoms with Crippen LogP contribution >= 0.6 is 11.3 Å². The van der Waals surface area contributed by atoms with Crippen molar-refractivity contribution >= 4 is 28.3 Å². The molecular weight excluding hydrogens is 364 g/mol. The van der Waals surface area contributed by atoms with Crippen molar-refractivity contribution in [3.8, 4) is 0 Å². The highest BCUT2D eigenvalue weighted by molar-refractivity contribution is 7.15. The number of anilines is 2. The molecule has 2 aliphatic rings. The molecule has 0 aromatic carbocycles. The number of H-pyrrole nitrogens is 1. The highest BCUT2D eigenvalue weighted by Gasteiger charge is 2.23. The van der Waals surface area contributed by atoms with E-state index in [9.17, 15) is 4.79 Å². The first-order chi connectivity index (χ1) is 13.2. The second-order valence-corrected chi connectivity index (χ2v) is 8.29. The van der Waals surface area contributed by atoms with Crippen LogP contribution in [0.5, 0.6) is 0 Å². The number of carbonyl (C=O) groups is 1. The zero-order valence-corrected chi connectivity index (χ0v) is 16.3. The molecule has 146 valence electrons. The Morgan fingerprint density at radius 1 is 1.30 bits per heavy atom. The van der Waals surface area contributed by atoms with Gasteiger partial charge in [-0.1, -0.05) is 0 Å². The fourth-order valence-electron chi connectivity index (χ4n) is 3.65. The normalized spacial score (nSPS) is 19.2. The minimum Gasteiger partial charge on any atom is -0.381 e. The largest absolute Gasteiger partial charge is 0.381 e. The molecule has 9 heteroatoms. The predicted molar refractivity (Wildman–Crippen MR) is 106 cm³/mol. The molecule has 2 aliphatic heterocycles. The lowest BCUT2D eigenvalue weighted by molar-refractivity contribution is 0.0860. The fraction of sp³-hybridized carbons (Fsp3) is 0.611. The predicted octanol–water partition coefficient (Wildman–Crippen LogP) is 2.86. The van der Waals surface area contributed by atoms with Gasteiger partial charge in [-0.3, -0.25) is 10.4 Å². The van der Waals surface area contributed by atoms with Crippen LogP contribution < -0.4 is 15.5 Å². The number of hydrogen-bond acceptors (Lipinski definition) is 6. The minimum atomic E-state index is -0.169. The summed E-state index contributed by atoms with van der Waals surface area (Å²) in [4.78, 5) is 20.2. The SMILES string of the molecule is Cc1cc(N2CCC(NC(=O)Nc3ncc(C4CCOCC4)s3)CC2)n[nH]1. The first kappa shape index (κ1) is 18.2. The lowest BCUT2D eigenvalue weighted by Crippen LogP contribution is -2.46. The molecule has 0 aliphatic carbocycles. The monoisotopic (exact) mass is 390 g/mol. The van der Waals surface area contributed by atoms with Gasteiger partial charge in [-0.15, -0.1) is 11.3 Å². The van der Waals surface area contributed by atoms with Crippen molar-refractivity contribution in [2.24, 2.45) is 0 Å². The third-order valence-electron chi connectivity index (χ3n) is 5.21. The Hall–Kier alpha value is -2.13. The van der Waals surface area contributed by atoms with Gasteiger partial charge in [0.05, 0.1) is 0 Å². The van der Waals surface area contributed by atoms with Gasteiger partial charge in [0.2, 0.25) is 0 Å². The van der Waals surface area contributed by atoms with Gasteiger partial charge < -0.3 is 15.0 Å². The van der Waals surface area contributed by atoms with Crippen LogP contribution in [0.25, 0.3) is 0 Å². The number of hydrogen-bond donors (Lipinski definition) is 3. The van der Waals surface area contributed by atoms with Crippen molar-refractivity contribution in [1.82, 2.24) is 20.5 Å². The van der Waals surface area contributed by atoms with Crippen LogP contribution in [0.2, 0.25) is 0 Å². The lowest BCUT2D eigenvalue weighted by atomic mass is 9.99. The van der Waals surface area contributed by atoms with Crippen molar-refractivity contribution in [1.29, 1.82) is 0 Å². The minimum absolute atomic E-state index is 0.169. The summed E-state index contributed by atoms with van der Waals surface area (Å²) >= 11 is 1.57.